The maximum absolute atomic E-state index is 11.1. The number of nitrogens with zero attached hydrogens (tertiary/aromatic N) is 1. The second-order valence-corrected chi connectivity index (χ2v) is 4.38. The van der Waals surface area contributed by atoms with E-state index in [2.05, 4.69) is 11.6 Å². The summed E-state index contributed by atoms with van der Waals surface area (Å²) in [5.41, 5.74) is 1.22. The molecule has 1 aromatic carbocycles. The smallest absolute Gasteiger partial charge is 0.337 e. The number of ether oxygens (including phenoxy) is 1. The number of hydrogen-bond donors (Lipinski definition) is 1. The summed E-state index contributed by atoms with van der Waals surface area (Å²) in [4.78, 5) is 15.2. The predicted octanol–water partition coefficient (Wildman–Crippen LogP) is 3.28. The highest BCUT2D eigenvalue weighted by molar-refractivity contribution is 6.04. The SMILES string of the molecule is C=C(C)CCOc1ncc(C(=O)O)c2ccccc12. The number of aromatic nitrogens is 1. The van der Waals surface area contributed by atoms with Crippen molar-refractivity contribution in [1.82, 2.24) is 4.98 Å². The molecule has 0 radical (unpaired) electrons. The van der Waals surface area contributed by atoms with Crippen molar-refractivity contribution in [3.05, 3.63) is 48.2 Å². The molecule has 2 rings (SSSR count). The lowest BCUT2D eigenvalue weighted by molar-refractivity contribution is 0.0698. The van der Waals surface area contributed by atoms with Crippen LogP contribution in [0.25, 0.3) is 10.8 Å². The van der Waals surface area contributed by atoms with E-state index in [1.165, 1.54) is 6.20 Å². The standard InChI is InChI=1S/C15H15NO3/c1-10(2)7-8-19-14-12-6-4-3-5-11(12)13(9-16-14)15(17)18/h3-6,9H,1,7-8H2,2H3,(H,17,18). The molecule has 1 aromatic heterocycles. The minimum atomic E-state index is -0.989. The van der Waals surface area contributed by atoms with Crippen molar-refractivity contribution in [2.45, 2.75) is 13.3 Å². The molecule has 0 amide bonds. The maximum atomic E-state index is 11.1. The Morgan fingerprint density at radius 3 is 2.68 bits per heavy atom. The number of aromatic carboxylic acids is 1. The lowest BCUT2D eigenvalue weighted by Crippen LogP contribution is -2.03. The Bertz CT molecular complexity index is 634. The Kier molecular flexibility index (Phi) is 3.80. The van der Waals surface area contributed by atoms with Crippen LogP contribution in [0.5, 0.6) is 5.88 Å². The quantitative estimate of drug-likeness (QED) is 0.835. The molecule has 4 nitrogen and oxygen atoms in total. The van der Waals surface area contributed by atoms with Gasteiger partial charge in [0.15, 0.2) is 0 Å². The van der Waals surface area contributed by atoms with Crippen LogP contribution in [0.1, 0.15) is 23.7 Å². The molecule has 0 saturated carbocycles. The summed E-state index contributed by atoms with van der Waals surface area (Å²) in [5.74, 6) is -0.529. The summed E-state index contributed by atoms with van der Waals surface area (Å²) >= 11 is 0. The summed E-state index contributed by atoms with van der Waals surface area (Å²) in [6, 6.07) is 7.20. The lowest BCUT2D eigenvalue weighted by Gasteiger charge is -2.09. The zero-order valence-corrected chi connectivity index (χ0v) is 10.7. The summed E-state index contributed by atoms with van der Waals surface area (Å²) in [6.07, 6.45) is 2.08. The van der Waals surface area contributed by atoms with Gasteiger partial charge in [-0.3, -0.25) is 0 Å². The van der Waals surface area contributed by atoms with Crippen LogP contribution in [-0.4, -0.2) is 22.7 Å². The predicted molar refractivity (Wildman–Crippen MR) is 73.6 cm³/mol. The number of hydrogen-bond acceptors (Lipinski definition) is 3. The van der Waals surface area contributed by atoms with Gasteiger partial charge in [-0.15, -0.1) is 6.58 Å². The number of rotatable bonds is 5. The molecule has 1 N–H and O–H groups in total. The van der Waals surface area contributed by atoms with E-state index >= 15 is 0 Å². The van der Waals surface area contributed by atoms with Crippen LogP contribution < -0.4 is 4.74 Å². The van der Waals surface area contributed by atoms with Gasteiger partial charge in [-0.2, -0.15) is 0 Å². The van der Waals surface area contributed by atoms with E-state index in [4.69, 9.17) is 9.84 Å². The van der Waals surface area contributed by atoms with Gasteiger partial charge < -0.3 is 9.84 Å². The minimum Gasteiger partial charge on any atom is -0.478 e. The fourth-order valence-electron chi connectivity index (χ4n) is 1.77. The fourth-order valence-corrected chi connectivity index (χ4v) is 1.77. The molecule has 0 saturated heterocycles. The summed E-state index contributed by atoms with van der Waals surface area (Å²) in [6.45, 7) is 6.23. The van der Waals surface area contributed by atoms with Crippen molar-refractivity contribution in [2.75, 3.05) is 6.61 Å². The Morgan fingerprint density at radius 1 is 1.37 bits per heavy atom. The van der Waals surface area contributed by atoms with Crippen LogP contribution in [0, 0.1) is 0 Å². The van der Waals surface area contributed by atoms with E-state index in [9.17, 15) is 4.79 Å². The first-order chi connectivity index (χ1) is 9.09. The molecule has 98 valence electrons. The molecule has 0 aliphatic rings. The van der Waals surface area contributed by atoms with Crippen LogP contribution in [0.3, 0.4) is 0 Å². The van der Waals surface area contributed by atoms with Gasteiger partial charge in [0.2, 0.25) is 5.88 Å². The Labute approximate surface area is 111 Å². The number of pyridine rings is 1. The van der Waals surface area contributed by atoms with Crippen molar-refractivity contribution in [3.8, 4) is 5.88 Å². The number of benzene rings is 1. The fraction of sp³-hybridized carbons (Fsp3) is 0.200. The second kappa shape index (κ2) is 5.52. The first kappa shape index (κ1) is 13.1. The summed E-state index contributed by atoms with van der Waals surface area (Å²) in [5, 5.41) is 10.5. The van der Waals surface area contributed by atoms with E-state index in [0.717, 1.165) is 12.0 Å². The number of carboxylic acids is 1. The van der Waals surface area contributed by atoms with Crippen molar-refractivity contribution in [2.24, 2.45) is 0 Å². The van der Waals surface area contributed by atoms with Crippen LogP contribution in [0.4, 0.5) is 0 Å². The molecule has 0 spiro atoms. The van der Waals surface area contributed by atoms with E-state index in [1.54, 1.807) is 12.1 Å². The van der Waals surface area contributed by atoms with Crippen LogP contribution in [0.2, 0.25) is 0 Å². The normalized spacial score (nSPS) is 10.4. The van der Waals surface area contributed by atoms with E-state index in [-0.39, 0.29) is 5.56 Å². The molecule has 0 aliphatic carbocycles. The van der Waals surface area contributed by atoms with E-state index < -0.39 is 5.97 Å². The third kappa shape index (κ3) is 2.91. The van der Waals surface area contributed by atoms with Gasteiger partial charge >= 0.3 is 5.97 Å². The molecule has 1 heterocycles. The van der Waals surface area contributed by atoms with Crippen molar-refractivity contribution in [1.29, 1.82) is 0 Å². The molecular weight excluding hydrogens is 242 g/mol. The van der Waals surface area contributed by atoms with Crippen molar-refractivity contribution in [3.63, 3.8) is 0 Å². The highest BCUT2D eigenvalue weighted by Crippen LogP contribution is 2.26. The van der Waals surface area contributed by atoms with Gasteiger partial charge in [-0.1, -0.05) is 23.8 Å². The molecule has 0 aliphatic heterocycles. The molecule has 0 fully saturated rings. The van der Waals surface area contributed by atoms with E-state index in [1.807, 2.05) is 19.1 Å². The molecule has 0 atom stereocenters. The first-order valence-corrected chi connectivity index (χ1v) is 5.98. The Morgan fingerprint density at radius 2 is 2.05 bits per heavy atom. The van der Waals surface area contributed by atoms with Gasteiger partial charge in [0.05, 0.1) is 12.2 Å². The zero-order valence-electron chi connectivity index (χ0n) is 10.7. The molecule has 4 heteroatoms. The summed E-state index contributed by atoms with van der Waals surface area (Å²) < 4.78 is 5.60. The van der Waals surface area contributed by atoms with Gasteiger partial charge in [0.1, 0.15) is 0 Å². The Balaban J connectivity index is 2.38. The summed E-state index contributed by atoms with van der Waals surface area (Å²) in [7, 11) is 0. The highest BCUT2D eigenvalue weighted by atomic mass is 16.5. The van der Waals surface area contributed by atoms with Crippen molar-refractivity contribution < 1.29 is 14.6 Å². The minimum absolute atomic E-state index is 0.183. The molecule has 2 aromatic rings. The van der Waals surface area contributed by atoms with E-state index in [0.29, 0.717) is 23.3 Å². The van der Waals surface area contributed by atoms with Crippen LogP contribution in [0.15, 0.2) is 42.6 Å². The number of carbonyl (C=O) groups is 1. The number of fused-ring (bicyclic) bond motifs is 1. The topological polar surface area (TPSA) is 59.4 Å². The highest BCUT2D eigenvalue weighted by Gasteiger charge is 2.12. The van der Waals surface area contributed by atoms with Crippen molar-refractivity contribution >= 4 is 16.7 Å². The lowest BCUT2D eigenvalue weighted by atomic mass is 10.1. The monoisotopic (exact) mass is 257 g/mol. The first-order valence-electron chi connectivity index (χ1n) is 5.98. The molecule has 0 bridgehead atoms. The zero-order chi connectivity index (χ0) is 13.8. The molecule has 19 heavy (non-hydrogen) atoms. The van der Waals surface area contributed by atoms with Gasteiger partial charge in [-0.05, 0) is 13.0 Å². The maximum Gasteiger partial charge on any atom is 0.337 e. The Hall–Kier alpha value is -2.36. The average molecular weight is 257 g/mol. The second-order valence-electron chi connectivity index (χ2n) is 4.38. The third-order valence-electron chi connectivity index (χ3n) is 2.76. The average Bonchev–Trinajstić information content (AvgIpc) is 2.38. The van der Waals surface area contributed by atoms with Gasteiger partial charge in [-0.25, -0.2) is 9.78 Å². The van der Waals surface area contributed by atoms with Gasteiger partial charge in [0, 0.05) is 23.4 Å². The van der Waals surface area contributed by atoms with Crippen LogP contribution in [-0.2, 0) is 0 Å². The molecular formula is C15H15NO3. The number of carboxylic acid groups (broad SMARTS) is 1. The largest absolute Gasteiger partial charge is 0.478 e. The third-order valence-corrected chi connectivity index (χ3v) is 2.76. The molecule has 0 unspecified atom stereocenters. The van der Waals surface area contributed by atoms with Gasteiger partial charge in [0.25, 0.3) is 0 Å². The van der Waals surface area contributed by atoms with Crippen LogP contribution >= 0.6 is 0 Å².